The van der Waals surface area contributed by atoms with Gasteiger partial charge in [0.25, 0.3) is 0 Å². The molecule has 0 saturated carbocycles. The molecule has 0 fully saturated rings. The van der Waals surface area contributed by atoms with Gasteiger partial charge in [-0.15, -0.1) is 0 Å². The Hall–Kier alpha value is -4.08. The summed E-state index contributed by atoms with van der Waals surface area (Å²) in [4.78, 5) is 38.9. The van der Waals surface area contributed by atoms with Crippen molar-refractivity contribution in [3.63, 3.8) is 0 Å². The summed E-state index contributed by atoms with van der Waals surface area (Å²) in [6.07, 6.45) is 13.7. The molecule has 278 valence electrons. The maximum atomic E-state index is 12.8. The highest BCUT2D eigenvalue weighted by Crippen LogP contribution is 2.40. The average Bonchev–Trinajstić information content (AvgIpc) is 3.05. The summed E-state index contributed by atoms with van der Waals surface area (Å²) < 4.78 is 24.2. The quantitative estimate of drug-likeness (QED) is 0.0296. The van der Waals surface area contributed by atoms with Crippen molar-refractivity contribution in [3.05, 3.63) is 45.5 Å². The third kappa shape index (κ3) is 13.7. The Bertz CT molecular complexity index is 1430. The van der Waals surface area contributed by atoms with Gasteiger partial charge in [-0.1, -0.05) is 92.2 Å². The van der Waals surface area contributed by atoms with Gasteiger partial charge in [0, 0.05) is 31.3 Å². The molecule has 0 saturated heterocycles. The molecule has 0 heterocycles. The Morgan fingerprint density at radius 2 is 1.14 bits per heavy atom. The van der Waals surface area contributed by atoms with Gasteiger partial charge < -0.3 is 23.8 Å². The molecule has 0 aliphatic rings. The molecule has 0 aliphatic carbocycles. The lowest BCUT2D eigenvalue weighted by Crippen LogP contribution is -2.18. The van der Waals surface area contributed by atoms with Crippen LogP contribution in [0, 0.1) is 22.0 Å². The van der Waals surface area contributed by atoms with Crippen LogP contribution in [0.25, 0.3) is 12.2 Å². The Balaban J connectivity index is 2.70. The SMILES string of the molecule is CCCCCC[C@H](C)Oc1cc([N+](=O)[O-])c(OC(=O)C(C)C)cc1/C=C/c1cc(O[C@@H](C)CCCCCC)c(N(C)C)cc1OC(=O)C(C)C. The number of unbranched alkanes of at least 4 members (excludes halogenated alkanes) is 6. The van der Waals surface area contributed by atoms with Gasteiger partial charge in [0.2, 0.25) is 5.75 Å². The highest BCUT2D eigenvalue weighted by Gasteiger charge is 2.25. The van der Waals surface area contributed by atoms with E-state index in [-0.39, 0.29) is 41.3 Å². The zero-order valence-corrected chi connectivity index (χ0v) is 32.0. The predicted molar refractivity (Wildman–Crippen MR) is 201 cm³/mol. The molecule has 2 rings (SSSR count). The van der Waals surface area contributed by atoms with Crippen LogP contribution < -0.4 is 23.8 Å². The monoisotopic (exact) mass is 696 g/mol. The van der Waals surface area contributed by atoms with E-state index in [1.807, 2.05) is 32.0 Å². The molecular weight excluding hydrogens is 636 g/mol. The van der Waals surface area contributed by atoms with Crippen molar-refractivity contribution < 1.29 is 33.5 Å². The number of nitro groups is 1. The number of ether oxygens (including phenoxy) is 4. The molecule has 0 spiro atoms. The van der Waals surface area contributed by atoms with Gasteiger partial charge in [-0.3, -0.25) is 19.7 Å². The second-order valence-electron chi connectivity index (χ2n) is 13.9. The largest absolute Gasteiger partial charge is 0.490 e. The summed E-state index contributed by atoms with van der Waals surface area (Å²) >= 11 is 0. The van der Waals surface area contributed by atoms with Gasteiger partial charge in [0.1, 0.15) is 17.2 Å². The summed E-state index contributed by atoms with van der Waals surface area (Å²) in [5.41, 5.74) is 1.42. The second-order valence-corrected chi connectivity index (χ2v) is 13.9. The zero-order valence-electron chi connectivity index (χ0n) is 32.0. The number of esters is 2. The Labute approximate surface area is 299 Å². The maximum absolute atomic E-state index is 12.8. The number of hydrogen-bond acceptors (Lipinski definition) is 9. The van der Waals surface area contributed by atoms with Crippen LogP contribution in [-0.4, -0.2) is 43.2 Å². The fourth-order valence-corrected chi connectivity index (χ4v) is 5.15. The first-order valence-electron chi connectivity index (χ1n) is 18.3. The predicted octanol–water partition coefficient (Wildman–Crippen LogP) is 10.4. The summed E-state index contributed by atoms with van der Waals surface area (Å²) in [5.74, 6) is -0.750. The molecular formula is C40H60N2O8. The minimum Gasteiger partial charge on any atom is -0.490 e. The lowest BCUT2D eigenvalue weighted by Gasteiger charge is -2.23. The van der Waals surface area contributed by atoms with Crippen LogP contribution in [0.3, 0.4) is 0 Å². The van der Waals surface area contributed by atoms with Crippen molar-refractivity contribution in [2.75, 3.05) is 19.0 Å². The number of nitro benzene ring substituents is 1. The maximum Gasteiger partial charge on any atom is 0.315 e. The topological polar surface area (TPSA) is 117 Å². The molecule has 50 heavy (non-hydrogen) atoms. The van der Waals surface area contributed by atoms with Gasteiger partial charge in [-0.2, -0.15) is 0 Å². The lowest BCUT2D eigenvalue weighted by molar-refractivity contribution is -0.385. The van der Waals surface area contributed by atoms with Crippen LogP contribution in [0.2, 0.25) is 0 Å². The molecule has 0 bridgehead atoms. The van der Waals surface area contributed by atoms with E-state index in [0.29, 0.717) is 22.6 Å². The number of hydrogen-bond donors (Lipinski definition) is 0. The molecule has 0 N–H and O–H groups in total. The van der Waals surface area contributed by atoms with Crippen molar-refractivity contribution in [3.8, 4) is 23.0 Å². The van der Waals surface area contributed by atoms with E-state index in [0.717, 1.165) is 63.5 Å². The Morgan fingerprint density at radius 1 is 0.680 bits per heavy atom. The zero-order chi connectivity index (χ0) is 37.4. The number of anilines is 1. The number of carbonyl (C=O) groups excluding carboxylic acids is 2. The van der Waals surface area contributed by atoms with Crippen LogP contribution in [0.4, 0.5) is 11.4 Å². The first-order chi connectivity index (χ1) is 23.7. The van der Waals surface area contributed by atoms with Gasteiger partial charge >= 0.3 is 17.6 Å². The second kappa shape index (κ2) is 21.2. The summed E-state index contributed by atoms with van der Waals surface area (Å²) in [7, 11) is 3.81. The third-order valence-electron chi connectivity index (χ3n) is 8.25. The third-order valence-corrected chi connectivity index (χ3v) is 8.25. The van der Waals surface area contributed by atoms with Crippen molar-refractivity contribution in [2.24, 2.45) is 11.8 Å². The normalized spacial score (nSPS) is 12.6. The van der Waals surface area contributed by atoms with E-state index in [9.17, 15) is 19.7 Å². The van der Waals surface area contributed by atoms with Gasteiger partial charge in [0.05, 0.1) is 40.7 Å². The fourth-order valence-electron chi connectivity index (χ4n) is 5.15. The van der Waals surface area contributed by atoms with E-state index in [1.54, 1.807) is 45.9 Å². The fraction of sp³-hybridized carbons (Fsp3) is 0.600. The Morgan fingerprint density at radius 3 is 1.60 bits per heavy atom. The van der Waals surface area contributed by atoms with Crippen molar-refractivity contribution in [2.45, 2.75) is 132 Å². The van der Waals surface area contributed by atoms with E-state index in [1.165, 1.54) is 18.6 Å². The number of nitrogens with zero attached hydrogens (tertiary/aromatic N) is 2. The van der Waals surface area contributed by atoms with Crippen molar-refractivity contribution in [1.29, 1.82) is 0 Å². The highest BCUT2D eigenvalue weighted by molar-refractivity contribution is 5.83. The van der Waals surface area contributed by atoms with E-state index < -0.39 is 16.8 Å². The first kappa shape index (κ1) is 42.1. The standard InChI is InChI=1S/C40H60N2O8/c1-11-13-15-17-19-29(7)47-35-26-34(42(45)46)38(50-40(44)28(5)6)24-31(35)21-22-32-23-37(48-30(8)20-18-16-14-12-2)33(41(9)10)25-36(32)49-39(43)27(3)4/h21-30H,11-20H2,1-10H3/b22-21+/t29-,30-/m0/s1. The number of carbonyl (C=O) groups is 2. The number of rotatable bonds is 22. The summed E-state index contributed by atoms with van der Waals surface area (Å²) in [5, 5.41) is 12.1. The first-order valence-corrected chi connectivity index (χ1v) is 18.3. The molecule has 2 atom stereocenters. The van der Waals surface area contributed by atoms with Crippen LogP contribution in [-0.2, 0) is 9.59 Å². The molecule has 10 nitrogen and oxygen atoms in total. The molecule has 2 aromatic rings. The molecule has 0 aliphatic heterocycles. The van der Waals surface area contributed by atoms with E-state index in [2.05, 4.69) is 20.8 Å². The van der Waals surface area contributed by atoms with E-state index in [4.69, 9.17) is 18.9 Å². The molecule has 0 radical (unpaired) electrons. The minimum atomic E-state index is -0.589. The minimum absolute atomic E-state index is 0.0434. The summed E-state index contributed by atoms with van der Waals surface area (Å²) in [6.45, 7) is 15.2. The summed E-state index contributed by atoms with van der Waals surface area (Å²) in [6, 6.07) is 6.41. The van der Waals surface area contributed by atoms with Crippen molar-refractivity contribution in [1.82, 2.24) is 0 Å². The number of benzene rings is 2. The van der Waals surface area contributed by atoms with Crippen molar-refractivity contribution >= 4 is 35.5 Å². The van der Waals surface area contributed by atoms with E-state index >= 15 is 0 Å². The smallest absolute Gasteiger partial charge is 0.315 e. The van der Waals surface area contributed by atoms with Crippen LogP contribution >= 0.6 is 0 Å². The highest BCUT2D eigenvalue weighted by atomic mass is 16.6. The molecule has 2 aromatic carbocycles. The van der Waals surface area contributed by atoms with Gasteiger partial charge in [-0.25, -0.2) is 0 Å². The molecule has 0 aromatic heterocycles. The molecule has 0 amide bonds. The van der Waals surface area contributed by atoms with Gasteiger partial charge in [0.15, 0.2) is 0 Å². The average molecular weight is 697 g/mol. The Kier molecular flexibility index (Phi) is 17.9. The molecule has 10 heteroatoms. The van der Waals surface area contributed by atoms with Crippen LogP contribution in [0.5, 0.6) is 23.0 Å². The lowest BCUT2D eigenvalue weighted by atomic mass is 10.1. The van der Waals surface area contributed by atoms with Crippen LogP contribution in [0.1, 0.15) is 131 Å². The van der Waals surface area contributed by atoms with Crippen LogP contribution in [0.15, 0.2) is 24.3 Å². The molecule has 0 unspecified atom stereocenters. The van der Waals surface area contributed by atoms with Gasteiger partial charge in [-0.05, 0) is 51.7 Å².